The minimum absolute atomic E-state index is 0.213. The first-order valence-corrected chi connectivity index (χ1v) is 7.60. The third-order valence-corrected chi connectivity index (χ3v) is 4.69. The van der Waals surface area contributed by atoms with Gasteiger partial charge in [-0.1, -0.05) is 23.5 Å². The van der Waals surface area contributed by atoms with Gasteiger partial charge in [-0.2, -0.15) is 0 Å². The number of aromatic nitrogens is 1. The van der Waals surface area contributed by atoms with Crippen molar-refractivity contribution in [1.29, 1.82) is 0 Å². The molecule has 112 valence electrons. The Balaban J connectivity index is 2.25. The summed E-state index contributed by atoms with van der Waals surface area (Å²) in [6.07, 6.45) is 0. The molecular formula is C15H20N4OS. The Labute approximate surface area is 128 Å². The van der Waals surface area contributed by atoms with Gasteiger partial charge in [0.15, 0.2) is 5.13 Å². The molecule has 6 heteroatoms. The number of benzene rings is 1. The van der Waals surface area contributed by atoms with Crippen molar-refractivity contribution in [3.8, 4) is 0 Å². The van der Waals surface area contributed by atoms with Gasteiger partial charge in [-0.25, -0.2) is 4.98 Å². The van der Waals surface area contributed by atoms with Gasteiger partial charge in [-0.05, 0) is 38.0 Å². The Morgan fingerprint density at radius 2 is 2.14 bits per heavy atom. The number of hydrogen-bond acceptors (Lipinski definition) is 5. The Kier molecular flexibility index (Phi) is 4.47. The van der Waals surface area contributed by atoms with Crippen LogP contribution < -0.4 is 16.0 Å². The number of nitrogen functional groups attached to an aromatic ring is 1. The molecule has 0 aliphatic heterocycles. The van der Waals surface area contributed by atoms with Crippen LogP contribution in [0, 0.1) is 13.8 Å². The lowest BCUT2D eigenvalue weighted by Gasteiger charge is -2.11. The van der Waals surface area contributed by atoms with E-state index >= 15 is 0 Å². The SMILES string of the molecule is CCN(C)c1nc(N)c(C(=O)Nc2cccc(C)c2C)s1. The monoisotopic (exact) mass is 304 g/mol. The van der Waals surface area contributed by atoms with Gasteiger partial charge in [0.05, 0.1) is 0 Å². The van der Waals surface area contributed by atoms with Gasteiger partial charge >= 0.3 is 0 Å². The highest BCUT2D eigenvalue weighted by Gasteiger charge is 2.18. The van der Waals surface area contributed by atoms with E-state index in [1.807, 2.05) is 50.9 Å². The van der Waals surface area contributed by atoms with E-state index in [1.165, 1.54) is 11.3 Å². The van der Waals surface area contributed by atoms with Crippen LogP contribution in [0.4, 0.5) is 16.6 Å². The summed E-state index contributed by atoms with van der Waals surface area (Å²) in [6, 6.07) is 5.82. The summed E-state index contributed by atoms with van der Waals surface area (Å²) in [7, 11) is 1.92. The third-order valence-electron chi connectivity index (χ3n) is 3.50. The Hall–Kier alpha value is -2.08. The van der Waals surface area contributed by atoms with Crippen molar-refractivity contribution >= 4 is 33.9 Å². The van der Waals surface area contributed by atoms with Crippen LogP contribution in [-0.2, 0) is 0 Å². The van der Waals surface area contributed by atoms with E-state index < -0.39 is 0 Å². The molecular weight excluding hydrogens is 284 g/mol. The van der Waals surface area contributed by atoms with Crippen molar-refractivity contribution in [2.24, 2.45) is 0 Å². The van der Waals surface area contributed by atoms with Crippen molar-refractivity contribution in [3.05, 3.63) is 34.2 Å². The molecule has 0 aliphatic rings. The maximum absolute atomic E-state index is 12.4. The number of nitrogens with zero attached hydrogens (tertiary/aromatic N) is 2. The molecule has 1 aromatic carbocycles. The van der Waals surface area contributed by atoms with Crippen LogP contribution in [0.3, 0.4) is 0 Å². The first-order chi connectivity index (χ1) is 9.93. The molecule has 21 heavy (non-hydrogen) atoms. The Morgan fingerprint density at radius 1 is 1.43 bits per heavy atom. The minimum Gasteiger partial charge on any atom is -0.382 e. The van der Waals surface area contributed by atoms with Crippen molar-refractivity contribution in [1.82, 2.24) is 4.98 Å². The summed E-state index contributed by atoms with van der Waals surface area (Å²) >= 11 is 1.31. The Morgan fingerprint density at radius 3 is 2.81 bits per heavy atom. The van der Waals surface area contributed by atoms with Crippen molar-refractivity contribution < 1.29 is 4.79 Å². The molecule has 0 atom stereocenters. The number of carbonyl (C=O) groups excluding carboxylic acids is 1. The molecule has 0 fully saturated rings. The average Bonchev–Trinajstić information content (AvgIpc) is 2.85. The quantitative estimate of drug-likeness (QED) is 0.910. The highest BCUT2D eigenvalue weighted by Crippen LogP contribution is 2.28. The number of amides is 1. The lowest BCUT2D eigenvalue weighted by molar-refractivity contribution is 0.103. The predicted molar refractivity (Wildman–Crippen MR) is 89.3 cm³/mol. The molecule has 0 spiro atoms. The van der Waals surface area contributed by atoms with Gasteiger partial charge in [0.1, 0.15) is 10.7 Å². The lowest BCUT2D eigenvalue weighted by atomic mass is 10.1. The highest BCUT2D eigenvalue weighted by molar-refractivity contribution is 7.18. The molecule has 1 heterocycles. The van der Waals surface area contributed by atoms with Gasteiger partial charge in [-0.3, -0.25) is 4.79 Å². The fourth-order valence-electron chi connectivity index (χ4n) is 1.85. The van der Waals surface area contributed by atoms with E-state index in [0.29, 0.717) is 4.88 Å². The number of rotatable bonds is 4. The number of nitrogens with one attached hydrogen (secondary N) is 1. The minimum atomic E-state index is -0.213. The second-order valence-corrected chi connectivity index (χ2v) is 5.90. The van der Waals surface area contributed by atoms with Crippen LogP contribution in [-0.4, -0.2) is 24.5 Å². The Bertz CT molecular complexity index is 666. The van der Waals surface area contributed by atoms with Gasteiger partial charge in [-0.15, -0.1) is 0 Å². The summed E-state index contributed by atoms with van der Waals surface area (Å²) in [5.74, 6) is 0.0626. The van der Waals surface area contributed by atoms with Crippen LogP contribution >= 0.6 is 11.3 Å². The first kappa shape index (κ1) is 15.3. The zero-order valence-electron chi connectivity index (χ0n) is 12.7. The van der Waals surface area contributed by atoms with E-state index in [-0.39, 0.29) is 11.7 Å². The molecule has 5 nitrogen and oxygen atoms in total. The molecule has 2 rings (SSSR count). The molecule has 0 saturated carbocycles. The molecule has 0 saturated heterocycles. The van der Waals surface area contributed by atoms with E-state index in [0.717, 1.165) is 28.5 Å². The molecule has 0 radical (unpaired) electrons. The zero-order chi connectivity index (χ0) is 15.6. The third kappa shape index (κ3) is 3.16. The van der Waals surface area contributed by atoms with E-state index in [9.17, 15) is 4.79 Å². The molecule has 0 unspecified atom stereocenters. The summed E-state index contributed by atoms with van der Waals surface area (Å²) < 4.78 is 0. The summed E-state index contributed by atoms with van der Waals surface area (Å²) in [5, 5.41) is 3.66. The average molecular weight is 304 g/mol. The van der Waals surface area contributed by atoms with Crippen LogP contribution in [0.15, 0.2) is 18.2 Å². The summed E-state index contributed by atoms with van der Waals surface area (Å²) in [5.41, 5.74) is 8.86. The zero-order valence-corrected chi connectivity index (χ0v) is 13.5. The number of carbonyl (C=O) groups is 1. The smallest absolute Gasteiger partial charge is 0.269 e. The van der Waals surface area contributed by atoms with Crippen molar-refractivity contribution in [2.75, 3.05) is 29.5 Å². The van der Waals surface area contributed by atoms with E-state index in [1.54, 1.807) is 0 Å². The molecule has 2 aromatic rings. The summed E-state index contributed by atoms with van der Waals surface area (Å²) in [6.45, 7) is 6.83. The van der Waals surface area contributed by atoms with Crippen LogP contribution in [0.5, 0.6) is 0 Å². The maximum atomic E-state index is 12.4. The lowest BCUT2D eigenvalue weighted by Crippen LogP contribution is -2.15. The standard InChI is InChI=1S/C15H20N4OS/c1-5-19(4)15-18-13(16)12(21-15)14(20)17-11-8-6-7-9(2)10(11)3/h6-8H,5,16H2,1-4H3,(H,17,20). The second-order valence-electron chi connectivity index (χ2n) is 4.93. The fourth-order valence-corrected chi connectivity index (χ4v) is 2.75. The van der Waals surface area contributed by atoms with Gasteiger partial charge in [0, 0.05) is 19.3 Å². The number of hydrogen-bond donors (Lipinski definition) is 2. The van der Waals surface area contributed by atoms with Crippen LogP contribution in [0.1, 0.15) is 27.7 Å². The van der Waals surface area contributed by atoms with Crippen LogP contribution in [0.25, 0.3) is 0 Å². The van der Waals surface area contributed by atoms with Crippen molar-refractivity contribution in [3.63, 3.8) is 0 Å². The predicted octanol–water partition coefficient (Wildman–Crippen LogP) is 3.05. The molecule has 3 N–H and O–H groups in total. The second kappa shape index (κ2) is 6.13. The fraction of sp³-hybridized carbons (Fsp3) is 0.333. The number of thiazole rings is 1. The van der Waals surface area contributed by atoms with E-state index in [4.69, 9.17) is 5.73 Å². The van der Waals surface area contributed by atoms with Gasteiger partial charge < -0.3 is 16.0 Å². The first-order valence-electron chi connectivity index (χ1n) is 6.79. The topological polar surface area (TPSA) is 71.2 Å². The number of aryl methyl sites for hydroxylation is 1. The molecule has 0 aliphatic carbocycles. The number of nitrogens with two attached hydrogens (primary N) is 1. The van der Waals surface area contributed by atoms with Crippen molar-refractivity contribution in [2.45, 2.75) is 20.8 Å². The number of anilines is 3. The van der Waals surface area contributed by atoms with Gasteiger partial charge in [0.25, 0.3) is 5.91 Å². The normalized spacial score (nSPS) is 10.5. The molecule has 0 bridgehead atoms. The van der Waals surface area contributed by atoms with Crippen LogP contribution in [0.2, 0.25) is 0 Å². The van der Waals surface area contributed by atoms with E-state index in [2.05, 4.69) is 10.3 Å². The largest absolute Gasteiger partial charge is 0.382 e. The highest BCUT2D eigenvalue weighted by atomic mass is 32.1. The van der Waals surface area contributed by atoms with Gasteiger partial charge in [0.2, 0.25) is 0 Å². The maximum Gasteiger partial charge on any atom is 0.269 e. The molecule has 1 aromatic heterocycles. The molecule has 1 amide bonds. The summed E-state index contributed by atoms with van der Waals surface area (Å²) in [4.78, 5) is 19.0.